The minimum atomic E-state index is -0.944. The number of hydrogen-bond donors (Lipinski definition) is 3. The number of rotatable bonds is 9. The first-order chi connectivity index (χ1) is 17.0. The largest absolute Gasteiger partial charge is 0.497 e. The van der Waals surface area contributed by atoms with Crippen LogP contribution in [0.4, 0.5) is 11.4 Å². The topological polar surface area (TPSA) is 127 Å². The molecule has 3 amide bonds. The first-order valence-corrected chi connectivity index (χ1v) is 10.4. The monoisotopic (exact) mass is 476 g/mol. The van der Waals surface area contributed by atoms with Gasteiger partial charge in [0.2, 0.25) is 0 Å². The lowest BCUT2D eigenvalue weighted by Gasteiger charge is -2.11. The number of nitrogens with zero attached hydrogens (tertiary/aromatic N) is 1. The highest BCUT2D eigenvalue weighted by molar-refractivity contribution is 6.39. The van der Waals surface area contributed by atoms with E-state index in [1.54, 1.807) is 54.6 Å². The number of nitrogens with one attached hydrogen (secondary N) is 3. The molecule has 0 radical (unpaired) electrons. The second kappa shape index (κ2) is 12.4. The third-order valence-electron chi connectivity index (χ3n) is 4.52. The molecule has 0 atom stereocenters. The summed E-state index contributed by atoms with van der Waals surface area (Å²) >= 11 is 0. The van der Waals surface area contributed by atoms with Crippen molar-refractivity contribution in [3.8, 4) is 17.2 Å². The Balaban J connectivity index is 1.52. The Morgan fingerprint density at radius 1 is 0.800 bits per heavy atom. The van der Waals surface area contributed by atoms with Crippen molar-refractivity contribution < 1.29 is 28.6 Å². The molecule has 35 heavy (non-hydrogen) atoms. The van der Waals surface area contributed by atoms with Gasteiger partial charge in [0.25, 0.3) is 5.91 Å². The van der Waals surface area contributed by atoms with Crippen LogP contribution in [-0.4, -0.2) is 44.8 Å². The summed E-state index contributed by atoms with van der Waals surface area (Å²) in [5.74, 6) is -0.887. The molecule has 3 rings (SSSR count). The quantitative estimate of drug-likeness (QED) is 0.248. The van der Waals surface area contributed by atoms with Crippen LogP contribution in [-0.2, 0) is 14.4 Å². The third kappa shape index (κ3) is 7.60. The molecule has 0 aliphatic rings. The van der Waals surface area contributed by atoms with Gasteiger partial charge in [-0.25, -0.2) is 5.43 Å². The first kappa shape index (κ1) is 24.8. The molecule has 0 spiro atoms. The average Bonchev–Trinajstić information content (AvgIpc) is 2.88. The molecule has 10 heteroatoms. The lowest BCUT2D eigenvalue weighted by Crippen LogP contribution is -2.32. The minimum Gasteiger partial charge on any atom is -0.497 e. The predicted molar refractivity (Wildman–Crippen MR) is 131 cm³/mol. The fourth-order valence-corrected chi connectivity index (χ4v) is 2.85. The van der Waals surface area contributed by atoms with E-state index >= 15 is 0 Å². The van der Waals surface area contributed by atoms with Gasteiger partial charge in [0, 0.05) is 17.4 Å². The Morgan fingerprint density at radius 3 is 2.31 bits per heavy atom. The van der Waals surface area contributed by atoms with E-state index in [1.807, 2.05) is 18.2 Å². The van der Waals surface area contributed by atoms with E-state index in [9.17, 15) is 14.4 Å². The number of anilines is 2. The first-order valence-electron chi connectivity index (χ1n) is 10.4. The normalized spacial score (nSPS) is 10.3. The Labute approximate surface area is 201 Å². The lowest BCUT2D eigenvalue weighted by molar-refractivity contribution is -0.136. The van der Waals surface area contributed by atoms with E-state index in [4.69, 9.17) is 14.2 Å². The fourth-order valence-electron chi connectivity index (χ4n) is 2.85. The number of carbonyl (C=O) groups is 3. The molecule has 10 nitrogen and oxygen atoms in total. The van der Waals surface area contributed by atoms with Gasteiger partial charge >= 0.3 is 11.8 Å². The minimum absolute atomic E-state index is 0.211. The van der Waals surface area contributed by atoms with Crippen LogP contribution in [0, 0.1) is 0 Å². The number of ether oxygens (including phenoxy) is 3. The average molecular weight is 476 g/mol. The molecule has 0 unspecified atom stereocenters. The summed E-state index contributed by atoms with van der Waals surface area (Å²) in [5.41, 5.74) is 3.80. The number of amides is 3. The van der Waals surface area contributed by atoms with E-state index in [2.05, 4.69) is 21.2 Å². The lowest BCUT2D eigenvalue weighted by atomic mass is 10.2. The van der Waals surface area contributed by atoms with Crippen molar-refractivity contribution in [3.63, 3.8) is 0 Å². The van der Waals surface area contributed by atoms with Gasteiger partial charge in [-0.3, -0.25) is 14.4 Å². The molecule has 0 aliphatic heterocycles. The van der Waals surface area contributed by atoms with E-state index in [1.165, 1.54) is 20.4 Å². The summed E-state index contributed by atoms with van der Waals surface area (Å²) in [6, 6.07) is 20.5. The van der Waals surface area contributed by atoms with Gasteiger partial charge in [0.05, 0.1) is 20.4 Å². The standard InChI is InChI=1S/C25H24N4O6/c1-33-20-10-6-9-19(14-20)28-24(31)25(32)29-26-15-17-11-12-21(22(13-17)34-2)35-16-23(30)27-18-7-4-3-5-8-18/h3-15H,16H2,1-2H3,(H,27,30)(H,28,31)(H,29,32)/b26-15-. The molecule has 0 bridgehead atoms. The maximum Gasteiger partial charge on any atom is 0.329 e. The number of methoxy groups -OCH3 is 2. The summed E-state index contributed by atoms with van der Waals surface area (Å²) in [5, 5.41) is 8.97. The van der Waals surface area contributed by atoms with Gasteiger partial charge in [-0.2, -0.15) is 5.10 Å². The molecular formula is C25H24N4O6. The predicted octanol–water partition coefficient (Wildman–Crippen LogP) is 2.81. The van der Waals surface area contributed by atoms with Crippen LogP contribution in [0.25, 0.3) is 0 Å². The van der Waals surface area contributed by atoms with Crippen molar-refractivity contribution in [3.05, 3.63) is 78.4 Å². The highest BCUT2D eigenvalue weighted by Crippen LogP contribution is 2.27. The van der Waals surface area contributed by atoms with Crippen molar-refractivity contribution in [2.24, 2.45) is 5.10 Å². The van der Waals surface area contributed by atoms with E-state index in [0.29, 0.717) is 34.2 Å². The molecule has 3 aromatic rings. The van der Waals surface area contributed by atoms with Crippen LogP contribution in [0.1, 0.15) is 5.56 Å². The maximum absolute atomic E-state index is 12.1. The summed E-state index contributed by atoms with van der Waals surface area (Å²) in [4.78, 5) is 36.1. The number of hydrogen-bond acceptors (Lipinski definition) is 7. The fraction of sp³-hybridized carbons (Fsp3) is 0.120. The molecule has 0 heterocycles. The number of para-hydroxylation sites is 1. The van der Waals surface area contributed by atoms with Crippen molar-refractivity contribution in [2.45, 2.75) is 0 Å². The molecule has 0 aliphatic carbocycles. The second-order valence-corrected chi connectivity index (χ2v) is 7.00. The molecule has 0 fully saturated rings. The summed E-state index contributed by atoms with van der Waals surface area (Å²) in [6.07, 6.45) is 1.34. The third-order valence-corrected chi connectivity index (χ3v) is 4.52. The van der Waals surface area contributed by atoms with Crippen molar-refractivity contribution in [1.82, 2.24) is 5.43 Å². The van der Waals surface area contributed by atoms with Gasteiger partial charge in [-0.05, 0) is 48.0 Å². The highest BCUT2D eigenvalue weighted by atomic mass is 16.5. The number of carbonyl (C=O) groups excluding carboxylic acids is 3. The summed E-state index contributed by atoms with van der Waals surface area (Å²) < 4.78 is 15.9. The molecule has 0 saturated heterocycles. The van der Waals surface area contributed by atoms with Crippen molar-refractivity contribution in [1.29, 1.82) is 0 Å². The smallest absolute Gasteiger partial charge is 0.329 e. The van der Waals surface area contributed by atoms with Crippen molar-refractivity contribution in [2.75, 3.05) is 31.5 Å². The molecule has 3 aromatic carbocycles. The van der Waals surface area contributed by atoms with Crippen LogP contribution in [0.3, 0.4) is 0 Å². The van der Waals surface area contributed by atoms with Crippen LogP contribution in [0.5, 0.6) is 17.2 Å². The molecule has 0 aromatic heterocycles. The van der Waals surface area contributed by atoms with Gasteiger partial charge in [-0.15, -0.1) is 0 Å². The maximum atomic E-state index is 12.1. The van der Waals surface area contributed by atoms with Gasteiger partial charge in [0.1, 0.15) is 5.75 Å². The second-order valence-electron chi connectivity index (χ2n) is 7.00. The number of benzene rings is 3. The van der Waals surface area contributed by atoms with Gasteiger partial charge in [-0.1, -0.05) is 24.3 Å². The Hall–Kier alpha value is -4.86. The van der Waals surface area contributed by atoms with Crippen molar-refractivity contribution >= 4 is 35.3 Å². The Kier molecular flexibility index (Phi) is 8.78. The van der Waals surface area contributed by atoms with Gasteiger partial charge < -0.3 is 24.8 Å². The molecule has 0 saturated carbocycles. The zero-order valence-electron chi connectivity index (χ0n) is 19.1. The van der Waals surface area contributed by atoms with E-state index < -0.39 is 11.8 Å². The zero-order chi connectivity index (χ0) is 25.0. The van der Waals surface area contributed by atoms with Crippen LogP contribution in [0.2, 0.25) is 0 Å². The molecule has 3 N–H and O–H groups in total. The highest BCUT2D eigenvalue weighted by Gasteiger charge is 2.13. The summed E-state index contributed by atoms with van der Waals surface area (Å²) in [6.45, 7) is -0.211. The van der Waals surface area contributed by atoms with E-state index in [-0.39, 0.29) is 12.5 Å². The van der Waals surface area contributed by atoms with Crippen LogP contribution >= 0.6 is 0 Å². The zero-order valence-corrected chi connectivity index (χ0v) is 19.1. The Bertz CT molecular complexity index is 1210. The van der Waals surface area contributed by atoms with Crippen LogP contribution < -0.4 is 30.3 Å². The summed E-state index contributed by atoms with van der Waals surface area (Å²) in [7, 11) is 2.95. The number of hydrazone groups is 1. The molecule has 180 valence electrons. The van der Waals surface area contributed by atoms with Gasteiger partial charge in [0.15, 0.2) is 18.1 Å². The van der Waals surface area contributed by atoms with Crippen LogP contribution in [0.15, 0.2) is 77.9 Å². The Morgan fingerprint density at radius 2 is 1.57 bits per heavy atom. The molecular weight excluding hydrogens is 452 g/mol. The SMILES string of the molecule is COc1cccc(NC(=O)C(=O)N/N=C\c2ccc(OCC(=O)Nc3ccccc3)c(OC)c2)c1. The van der Waals surface area contributed by atoms with E-state index in [0.717, 1.165) is 0 Å².